The van der Waals surface area contributed by atoms with Gasteiger partial charge >= 0.3 is 0 Å². The molecular weight excluding hydrogens is 349 g/mol. The molecule has 0 atom stereocenters. The first kappa shape index (κ1) is 18.8. The van der Waals surface area contributed by atoms with Crippen LogP contribution in [0.3, 0.4) is 0 Å². The molecule has 0 aliphatic carbocycles. The second-order valence-electron chi connectivity index (χ2n) is 6.41. The minimum Gasteiger partial charge on any atom is -0.339 e. The fourth-order valence-corrected chi connectivity index (χ4v) is 2.79. The van der Waals surface area contributed by atoms with Crippen LogP contribution in [0.2, 0.25) is 0 Å². The van der Waals surface area contributed by atoms with E-state index in [2.05, 4.69) is 20.6 Å². The molecule has 2 aromatic heterocycles. The van der Waals surface area contributed by atoms with Crippen molar-refractivity contribution in [1.29, 1.82) is 0 Å². The molecule has 0 aliphatic rings. The molecule has 0 bridgehead atoms. The van der Waals surface area contributed by atoms with E-state index in [1.54, 1.807) is 16.8 Å². The van der Waals surface area contributed by atoms with Crippen molar-refractivity contribution in [3.63, 3.8) is 0 Å². The SMILES string of the molecule is CCCc1noc(CCC(=O)Nc2ccc(-n3nc(C)cc3C)c(F)c2)n1. The van der Waals surface area contributed by atoms with E-state index in [-0.39, 0.29) is 12.3 Å². The summed E-state index contributed by atoms with van der Waals surface area (Å²) in [5.41, 5.74) is 2.38. The zero-order chi connectivity index (χ0) is 19.4. The first-order valence-corrected chi connectivity index (χ1v) is 8.90. The van der Waals surface area contributed by atoms with Crippen molar-refractivity contribution in [2.24, 2.45) is 0 Å². The van der Waals surface area contributed by atoms with Crippen LogP contribution in [0.5, 0.6) is 0 Å². The lowest BCUT2D eigenvalue weighted by Crippen LogP contribution is -2.13. The Morgan fingerprint density at radius 1 is 1.26 bits per heavy atom. The summed E-state index contributed by atoms with van der Waals surface area (Å²) in [4.78, 5) is 16.3. The van der Waals surface area contributed by atoms with Gasteiger partial charge in [-0.2, -0.15) is 10.1 Å². The Bertz CT molecular complexity index is 947. The lowest BCUT2D eigenvalue weighted by Gasteiger charge is -2.09. The summed E-state index contributed by atoms with van der Waals surface area (Å²) in [5, 5.41) is 10.8. The first-order chi connectivity index (χ1) is 13.0. The van der Waals surface area contributed by atoms with E-state index >= 15 is 0 Å². The quantitative estimate of drug-likeness (QED) is 0.687. The van der Waals surface area contributed by atoms with E-state index < -0.39 is 5.82 Å². The van der Waals surface area contributed by atoms with Crippen LogP contribution in [0.25, 0.3) is 5.69 Å². The molecule has 3 rings (SSSR count). The maximum absolute atomic E-state index is 14.5. The van der Waals surface area contributed by atoms with Gasteiger partial charge in [0.15, 0.2) is 11.6 Å². The molecule has 2 heterocycles. The zero-order valence-corrected chi connectivity index (χ0v) is 15.6. The number of carbonyl (C=O) groups is 1. The van der Waals surface area contributed by atoms with E-state index in [0.717, 1.165) is 24.2 Å². The Hall–Kier alpha value is -3.03. The molecule has 8 heteroatoms. The topological polar surface area (TPSA) is 85.8 Å². The Morgan fingerprint density at radius 2 is 2.07 bits per heavy atom. The van der Waals surface area contributed by atoms with Gasteiger partial charge in [-0.05, 0) is 44.5 Å². The lowest BCUT2D eigenvalue weighted by molar-refractivity contribution is -0.116. The third-order valence-electron chi connectivity index (χ3n) is 4.02. The fourth-order valence-electron chi connectivity index (χ4n) is 2.79. The predicted molar refractivity (Wildman–Crippen MR) is 98.2 cm³/mol. The van der Waals surface area contributed by atoms with E-state index in [4.69, 9.17) is 4.52 Å². The fraction of sp³-hybridized carbons (Fsp3) is 0.368. The van der Waals surface area contributed by atoms with Gasteiger partial charge in [0, 0.05) is 30.6 Å². The Labute approximate surface area is 156 Å². The number of aromatic nitrogens is 4. The van der Waals surface area contributed by atoms with E-state index in [1.165, 1.54) is 6.07 Å². The number of nitrogens with zero attached hydrogens (tertiary/aromatic N) is 4. The van der Waals surface area contributed by atoms with Crippen LogP contribution < -0.4 is 5.32 Å². The second-order valence-corrected chi connectivity index (χ2v) is 6.41. The molecule has 0 radical (unpaired) electrons. The molecule has 0 fully saturated rings. The van der Waals surface area contributed by atoms with Crippen molar-refractivity contribution < 1.29 is 13.7 Å². The highest BCUT2D eigenvalue weighted by Gasteiger charge is 2.12. The summed E-state index contributed by atoms with van der Waals surface area (Å²) in [6.07, 6.45) is 2.19. The highest BCUT2D eigenvalue weighted by atomic mass is 19.1. The van der Waals surface area contributed by atoms with Crippen molar-refractivity contribution in [1.82, 2.24) is 19.9 Å². The van der Waals surface area contributed by atoms with Gasteiger partial charge in [0.05, 0.1) is 5.69 Å². The summed E-state index contributed by atoms with van der Waals surface area (Å²) in [6.45, 7) is 5.74. The number of anilines is 1. The number of amides is 1. The van der Waals surface area contributed by atoms with Gasteiger partial charge in [0.25, 0.3) is 0 Å². The maximum atomic E-state index is 14.5. The van der Waals surface area contributed by atoms with Crippen molar-refractivity contribution >= 4 is 11.6 Å². The van der Waals surface area contributed by atoms with Crippen molar-refractivity contribution in [2.75, 3.05) is 5.32 Å². The van der Waals surface area contributed by atoms with Gasteiger partial charge in [-0.3, -0.25) is 4.79 Å². The van der Waals surface area contributed by atoms with E-state index in [9.17, 15) is 9.18 Å². The molecule has 0 aliphatic heterocycles. The van der Waals surface area contributed by atoms with Crippen LogP contribution in [0.1, 0.15) is 42.9 Å². The summed E-state index contributed by atoms with van der Waals surface area (Å²) >= 11 is 0. The number of halogens is 1. The van der Waals surface area contributed by atoms with Gasteiger partial charge < -0.3 is 9.84 Å². The highest BCUT2D eigenvalue weighted by Crippen LogP contribution is 2.20. The molecule has 0 spiro atoms. The third kappa shape index (κ3) is 4.58. The van der Waals surface area contributed by atoms with Crippen LogP contribution in [-0.4, -0.2) is 25.8 Å². The number of hydrogen-bond acceptors (Lipinski definition) is 5. The number of nitrogens with one attached hydrogen (secondary N) is 1. The predicted octanol–water partition coefficient (Wildman–Crippen LogP) is 3.54. The summed E-state index contributed by atoms with van der Waals surface area (Å²) in [5.74, 6) is 0.373. The number of hydrogen-bond donors (Lipinski definition) is 1. The van der Waals surface area contributed by atoms with Gasteiger partial charge in [0.2, 0.25) is 11.8 Å². The van der Waals surface area contributed by atoms with Crippen LogP contribution in [-0.2, 0) is 17.6 Å². The second kappa shape index (κ2) is 8.11. The van der Waals surface area contributed by atoms with Gasteiger partial charge in [-0.15, -0.1) is 0 Å². The maximum Gasteiger partial charge on any atom is 0.227 e. The van der Waals surface area contributed by atoms with E-state index in [0.29, 0.717) is 29.5 Å². The average Bonchev–Trinajstić information content (AvgIpc) is 3.19. The Kier molecular flexibility index (Phi) is 5.63. The highest BCUT2D eigenvalue weighted by molar-refractivity contribution is 5.90. The molecule has 1 aromatic carbocycles. The number of carbonyl (C=O) groups excluding carboxylic acids is 1. The molecule has 1 N–H and O–H groups in total. The zero-order valence-electron chi connectivity index (χ0n) is 15.6. The number of benzene rings is 1. The average molecular weight is 371 g/mol. The molecule has 3 aromatic rings. The molecule has 1 amide bonds. The standard InChI is InChI=1S/C19H22FN5O2/c1-4-5-17-22-19(27-24-17)9-8-18(26)21-14-6-7-16(15(20)11-14)25-13(3)10-12(2)23-25/h6-7,10-11H,4-5,8-9H2,1-3H3,(H,21,26). The van der Waals surface area contributed by atoms with Crippen molar-refractivity contribution in [3.8, 4) is 5.69 Å². The van der Waals surface area contributed by atoms with Crippen molar-refractivity contribution in [2.45, 2.75) is 46.5 Å². The van der Waals surface area contributed by atoms with Crippen LogP contribution in [0.4, 0.5) is 10.1 Å². The van der Waals surface area contributed by atoms with Gasteiger partial charge in [-0.25, -0.2) is 9.07 Å². The van der Waals surface area contributed by atoms with Crippen molar-refractivity contribution in [3.05, 3.63) is 53.2 Å². The minimum atomic E-state index is -0.458. The van der Waals surface area contributed by atoms with Gasteiger partial charge in [-0.1, -0.05) is 12.1 Å². The smallest absolute Gasteiger partial charge is 0.227 e. The molecule has 142 valence electrons. The largest absolute Gasteiger partial charge is 0.339 e. The Morgan fingerprint density at radius 3 is 2.74 bits per heavy atom. The van der Waals surface area contributed by atoms with Crippen LogP contribution >= 0.6 is 0 Å². The summed E-state index contributed by atoms with van der Waals surface area (Å²) < 4.78 is 21.1. The van der Waals surface area contributed by atoms with Crippen LogP contribution in [0, 0.1) is 19.7 Å². The van der Waals surface area contributed by atoms with E-state index in [1.807, 2.05) is 26.8 Å². The number of aryl methyl sites for hydroxylation is 4. The van der Waals surface area contributed by atoms with Gasteiger partial charge in [0.1, 0.15) is 5.69 Å². The summed E-state index contributed by atoms with van der Waals surface area (Å²) in [7, 11) is 0. The molecule has 0 unspecified atom stereocenters. The molecular formula is C19H22FN5O2. The lowest BCUT2D eigenvalue weighted by atomic mass is 10.2. The minimum absolute atomic E-state index is 0.175. The normalized spacial score (nSPS) is 11.0. The van der Waals surface area contributed by atoms with Crippen LogP contribution in [0.15, 0.2) is 28.8 Å². The molecule has 7 nitrogen and oxygen atoms in total. The number of rotatable bonds is 7. The molecule has 0 saturated heterocycles. The summed E-state index contributed by atoms with van der Waals surface area (Å²) in [6, 6.07) is 6.41. The molecule has 0 saturated carbocycles. The Balaban J connectivity index is 1.61. The monoisotopic (exact) mass is 371 g/mol. The first-order valence-electron chi connectivity index (χ1n) is 8.90. The molecule has 27 heavy (non-hydrogen) atoms. The third-order valence-corrected chi connectivity index (χ3v) is 4.02.